The SMILES string of the molecule is Cc1nc(C2CC2)nc2sc(C(=O)N3CCC[C@H]3c3ccc4c(c3)OCCO4)c(C)c12. The maximum absolute atomic E-state index is 13.7. The Morgan fingerprint density at radius 1 is 1.10 bits per heavy atom. The van der Waals surface area contributed by atoms with E-state index in [1.807, 2.05) is 30.9 Å². The molecule has 160 valence electrons. The number of aryl methyl sites for hydroxylation is 2. The van der Waals surface area contributed by atoms with E-state index in [4.69, 9.17) is 19.4 Å². The Labute approximate surface area is 185 Å². The standard InChI is InChI=1S/C24H25N3O3S/c1-13-20-14(2)25-22(15-5-6-15)26-23(20)31-21(13)24(28)27-9-3-4-17(27)16-7-8-18-19(12-16)30-11-10-29-18/h7-8,12,15,17H,3-6,9-11H2,1-2H3/t17-/m0/s1. The Bertz CT molecular complexity index is 1200. The highest BCUT2D eigenvalue weighted by molar-refractivity contribution is 7.20. The number of amides is 1. The lowest BCUT2D eigenvalue weighted by molar-refractivity contribution is 0.0739. The van der Waals surface area contributed by atoms with Gasteiger partial charge in [0, 0.05) is 17.8 Å². The van der Waals surface area contributed by atoms with Crippen molar-refractivity contribution >= 4 is 27.5 Å². The van der Waals surface area contributed by atoms with Crippen molar-refractivity contribution in [2.24, 2.45) is 0 Å². The lowest BCUT2D eigenvalue weighted by Gasteiger charge is -2.26. The predicted molar refractivity (Wildman–Crippen MR) is 119 cm³/mol. The van der Waals surface area contributed by atoms with Gasteiger partial charge >= 0.3 is 0 Å². The molecule has 1 saturated carbocycles. The van der Waals surface area contributed by atoms with Crippen molar-refractivity contribution in [2.45, 2.75) is 51.5 Å². The third-order valence-electron chi connectivity index (χ3n) is 6.59. The van der Waals surface area contributed by atoms with Gasteiger partial charge in [-0.2, -0.15) is 0 Å². The Morgan fingerprint density at radius 2 is 1.90 bits per heavy atom. The van der Waals surface area contributed by atoms with Gasteiger partial charge in [-0.15, -0.1) is 11.3 Å². The Morgan fingerprint density at radius 3 is 2.71 bits per heavy atom. The monoisotopic (exact) mass is 435 g/mol. The average molecular weight is 436 g/mol. The average Bonchev–Trinajstić information content (AvgIpc) is 3.42. The lowest BCUT2D eigenvalue weighted by atomic mass is 10.0. The van der Waals surface area contributed by atoms with Gasteiger partial charge in [0.1, 0.15) is 23.9 Å². The summed E-state index contributed by atoms with van der Waals surface area (Å²) in [4.78, 5) is 27.0. The lowest BCUT2D eigenvalue weighted by Crippen LogP contribution is -2.30. The van der Waals surface area contributed by atoms with Crippen LogP contribution < -0.4 is 9.47 Å². The molecule has 1 atom stereocenters. The van der Waals surface area contributed by atoms with Crippen molar-refractivity contribution in [1.82, 2.24) is 14.9 Å². The van der Waals surface area contributed by atoms with Gasteiger partial charge in [-0.3, -0.25) is 4.79 Å². The van der Waals surface area contributed by atoms with Crippen LogP contribution >= 0.6 is 11.3 Å². The van der Waals surface area contributed by atoms with Gasteiger partial charge in [0.25, 0.3) is 5.91 Å². The van der Waals surface area contributed by atoms with Crippen LogP contribution in [0.25, 0.3) is 10.2 Å². The summed E-state index contributed by atoms with van der Waals surface area (Å²) in [6.07, 6.45) is 4.30. The molecule has 2 aromatic heterocycles. The van der Waals surface area contributed by atoms with Gasteiger partial charge in [0.2, 0.25) is 0 Å². The number of aromatic nitrogens is 2. The second-order valence-corrected chi connectivity index (χ2v) is 9.74. The maximum atomic E-state index is 13.7. The van der Waals surface area contributed by atoms with Crippen molar-refractivity contribution in [3.05, 3.63) is 45.7 Å². The normalized spacial score (nSPS) is 20.5. The summed E-state index contributed by atoms with van der Waals surface area (Å²) in [6, 6.07) is 6.13. The topological polar surface area (TPSA) is 64.6 Å². The summed E-state index contributed by atoms with van der Waals surface area (Å²) < 4.78 is 11.4. The highest BCUT2D eigenvalue weighted by Gasteiger charge is 2.34. The summed E-state index contributed by atoms with van der Waals surface area (Å²) in [5.74, 6) is 3.11. The molecule has 2 aliphatic heterocycles. The number of rotatable bonds is 3. The third-order valence-corrected chi connectivity index (χ3v) is 7.76. The minimum absolute atomic E-state index is 0.0575. The molecular formula is C24H25N3O3S. The molecule has 0 radical (unpaired) electrons. The second kappa shape index (κ2) is 7.19. The third kappa shape index (κ3) is 3.17. The summed E-state index contributed by atoms with van der Waals surface area (Å²) in [5, 5.41) is 1.05. The molecule has 6 rings (SSSR count). The van der Waals surface area contributed by atoms with Crippen molar-refractivity contribution in [1.29, 1.82) is 0 Å². The van der Waals surface area contributed by atoms with Gasteiger partial charge in [0.15, 0.2) is 11.5 Å². The first-order valence-electron chi connectivity index (χ1n) is 11.1. The molecule has 0 unspecified atom stereocenters. The first-order chi connectivity index (χ1) is 15.1. The number of nitrogens with zero attached hydrogens (tertiary/aromatic N) is 3. The second-order valence-electron chi connectivity index (χ2n) is 8.74. The molecule has 1 aromatic carbocycles. The molecule has 1 saturated heterocycles. The van der Waals surface area contributed by atoms with Gasteiger partial charge < -0.3 is 14.4 Å². The highest BCUT2D eigenvalue weighted by atomic mass is 32.1. The van der Waals surface area contributed by atoms with Crippen molar-refractivity contribution in [3.63, 3.8) is 0 Å². The van der Waals surface area contributed by atoms with Gasteiger partial charge in [-0.05, 0) is 62.8 Å². The molecule has 31 heavy (non-hydrogen) atoms. The number of ether oxygens (including phenoxy) is 2. The molecule has 3 aliphatic rings. The molecule has 7 heteroatoms. The van der Waals surface area contributed by atoms with Crippen LogP contribution in [0, 0.1) is 13.8 Å². The minimum atomic E-state index is 0.0575. The summed E-state index contributed by atoms with van der Waals surface area (Å²) >= 11 is 1.53. The highest BCUT2D eigenvalue weighted by Crippen LogP contribution is 2.42. The van der Waals surface area contributed by atoms with Crippen molar-refractivity contribution < 1.29 is 14.3 Å². The van der Waals surface area contributed by atoms with Crippen LogP contribution in [0.4, 0.5) is 0 Å². The van der Waals surface area contributed by atoms with E-state index in [2.05, 4.69) is 6.07 Å². The quantitative estimate of drug-likeness (QED) is 0.583. The number of carbonyl (C=O) groups is 1. The molecule has 1 aliphatic carbocycles. The molecule has 2 fully saturated rings. The first kappa shape index (κ1) is 19.0. The first-order valence-corrected chi connectivity index (χ1v) is 11.9. The zero-order valence-electron chi connectivity index (χ0n) is 17.8. The van der Waals surface area contributed by atoms with E-state index in [0.717, 1.165) is 68.6 Å². The fourth-order valence-electron chi connectivity index (χ4n) is 4.84. The molecular weight excluding hydrogens is 410 g/mol. The van der Waals surface area contributed by atoms with Gasteiger partial charge in [0.05, 0.1) is 16.6 Å². The molecule has 0 spiro atoms. The van der Waals surface area contributed by atoms with E-state index in [1.54, 1.807) is 0 Å². The molecule has 4 heterocycles. The zero-order valence-corrected chi connectivity index (χ0v) is 18.6. The zero-order chi connectivity index (χ0) is 21.1. The van der Waals surface area contributed by atoms with Crippen LogP contribution in [0.3, 0.4) is 0 Å². The number of benzene rings is 1. The minimum Gasteiger partial charge on any atom is -0.486 e. The molecule has 0 N–H and O–H groups in total. The molecule has 0 bridgehead atoms. The molecule has 3 aromatic rings. The van der Waals surface area contributed by atoms with Gasteiger partial charge in [-0.1, -0.05) is 6.07 Å². The van der Waals surface area contributed by atoms with E-state index in [0.29, 0.717) is 19.1 Å². The number of likely N-dealkylation sites (tertiary alicyclic amines) is 1. The van der Waals surface area contributed by atoms with Crippen LogP contribution in [0.2, 0.25) is 0 Å². The van der Waals surface area contributed by atoms with Crippen LogP contribution in [0.15, 0.2) is 18.2 Å². The fourth-order valence-corrected chi connectivity index (χ4v) is 6.04. The molecule has 6 nitrogen and oxygen atoms in total. The maximum Gasteiger partial charge on any atom is 0.264 e. The van der Waals surface area contributed by atoms with E-state index in [-0.39, 0.29) is 11.9 Å². The number of hydrogen-bond acceptors (Lipinski definition) is 6. The summed E-state index contributed by atoms with van der Waals surface area (Å²) in [5.41, 5.74) is 3.11. The smallest absolute Gasteiger partial charge is 0.264 e. The predicted octanol–water partition coefficient (Wildman–Crippen LogP) is 4.93. The fraction of sp³-hybridized carbons (Fsp3) is 0.458. The van der Waals surface area contributed by atoms with E-state index < -0.39 is 0 Å². The van der Waals surface area contributed by atoms with E-state index in [1.165, 1.54) is 24.2 Å². The summed E-state index contributed by atoms with van der Waals surface area (Å²) in [7, 11) is 0. The van der Waals surface area contributed by atoms with Crippen LogP contribution in [0.1, 0.15) is 70.0 Å². The number of thiophene rings is 1. The largest absolute Gasteiger partial charge is 0.486 e. The van der Waals surface area contributed by atoms with Crippen LogP contribution in [0.5, 0.6) is 11.5 Å². The Kier molecular flexibility index (Phi) is 4.42. The van der Waals surface area contributed by atoms with Gasteiger partial charge in [-0.25, -0.2) is 9.97 Å². The van der Waals surface area contributed by atoms with Crippen LogP contribution in [-0.4, -0.2) is 40.5 Å². The Hall–Kier alpha value is -2.67. The number of fused-ring (bicyclic) bond motifs is 2. The van der Waals surface area contributed by atoms with Crippen LogP contribution in [-0.2, 0) is 0 Å². The van der Waals surface area contributed by atoms with Crippen molar-refractivity contribution in [2.75, 3.05) is 19.8 Å². The molecule has 1 amide bonds. The van der Waals surface area contributed by atoms with Crippen molar-refractivity contribution in [3.8, 4) is 11.5 Å². The number of carbonyl (C=O) groups excluding carboxylic acids is 1. The van der Waals surface area contributed by atoms with E-state index >= 15 is 0 Å². The Balaban J connectivity index is 1.35. The summed E-state index contributed by atoms with van der Waals surface area (Å²) in [6.45, 7) is 5.99. The van der Waals surface area contributed by atoms with E-state index in [9.17, 15) is 4.79 Å². The number of hydrogen-bond donors (Lipinski definition) is 0.